The normalized spacial score (nSPS) is 28.4. The summed E-state index contributed by atoms with van der Waals surface area (Å²) in [5.74, 6) is 2.13. The van der Waals surface area contributed by atoms with Gasteiger partial charge in [-0.25, -0.2) is 4.68 Å². The van der Waals surface area contributed by atoms with Gasteiger partial charge in [0.15, 0.2) is 0 Å². The molecule has 2 aliphatic rings. The molecule has 1 aromatic heterocycles. The van der Waals surface area contributed by atoms with Crippen LogP contribution in [0, 0.1) is 5.92 Å². The molecule has 3 heteroatoms. The number of anilines is 1. The lowest BCUT2D eigenvalue weighted by Gasteiger charge is -2.31. The average molecular weight is 219 g/mol. The Morgan fingerprint density at radius 1 is 1.38 bits per heavy atom. The van der Waals surface area contributed by atoms with E-state index in [1.165, 1.54) is 37.1 Å². The van der Waals surface area contributed by atoms with Crippen LogP contribution in [-0.4, -0.2) is 15.8 Å². The lowest BCUT2D eigenvalue weighted by atomic mass is 9.92. The molecule has 1 saturated carbocycles. The topological polar surface area (TPSA) is 29.9 Å². The molecule has 2 atom stereocenters. The zero-order valence-electron chi connectivity index (χ0n) is 10.5. The Hall–Kier alpha value is -0.990. The number of nitrogens with one attached hydrogen (secondary N) is 1. The van der Waals surface area contributed by atoms with E-state index in [0.29, 0.717) is 6.04 Å². The van der Waals surface area contributed by atoms with Gasteiger partial charge in [-0.15, -0.1) is 0 Å². The third-order valence-electron chi connectivity index (χ3n) is 3.94. The van der Waals surface area contributed by atoms with E-state index in [0.717, 1.165) is 5.92 Å². The molecule has 3 rings (SSSR count). The number of fused-ring (bicyclic) bond motifs is 2. The largest absolute Gasteiger partial charge is 0.367 e. The Morgan fingerprint density at radius 3 is 2.94 bits per heavy atom. The molecule has 1 aromatic rings. The minimum atomic E-state index is 0.0754. The molecule has 88 valence electrons. The van der Waals surface area contributed by atoms with E-state index in [-0.39, 0.29) is 5.54 Å². The summed E-state index contributed by atoms with van der Waals surface area (Å²) in [6.07, 6.45) is 7.39. The van der Waals surface area contributed by atoms with Crippen molar-refractivity contribution in [2.45, 2.75) is 58.0 Å². The van der Waals surface area contributed by atoms with Gasteiger partial charge < -0.3 is 5.32 Å². The fourth-order valence-electron chi connectivity index (χ4n) is 3.12. The third-order valence-corrected chi connectivity index (χ3v) is 3.94. The molecule has 0 radical (unpaired) electrons. The number of rotatable bonds is 0. The first-order chi connectivity index (χ1) is 7.55. The average Bonchev–Trinajstić information content (AvgIpc) is 2.76. The molecule has 1 N–H and O–H groups in total. The molecular weight excluding hydrogens is 198 g/mol. The van der Waals surface area contributed by atoms with Gasteiger partial charge in [-0.3, -0.25) is 0 Å². The van der Waals surface area contributed by atoms with Crippen LogP contribution in [0.15, 0.2) is 6.20 Å². The fourth-order valence-corrected chi connectivity index (χ4v) is 3.12. The van der Waals surface area contributed by atoms with Crippen molar-refractivity contribution in [2.75, 3.05) is 5.32 Å². The predicted octanol–water partition coefficient (Wildman–Crippen LogP) is 2.77. The first kappa shape index (κ1) is 10.2. The number of hydrogen-bond donors (Lipinski definition) is 1. The van der Waals surface area contributed by atoms with Crippen molar-refractivity contribution in [2.24, 2.45) is 5.92 Å². The quantitative estimate of drug-likeness (QED) is 0.727. The van der Waals surface area contributed by atoms with E-state index < -0.39 is 0 Å². The number of hydrogen-bond acceptors (Lipinski definition) is 2. The molecule has 0 saturated heterocycles. The predicted molar refractivity (Wildman–Crippen MR) is 65.7 cm³/mol. The van der Waals surface area contributed by atoms with Gasteiger partial charge in [-0.2, -0.15) is 5.10 Å². The maximum atomic E-state index is 4.55. The second-order valence-corrected chi connectivity index (χ2v) is 6.25. The summed E-state index contributed by atoms with van der Waals surface area (Å²) in [6.45, 7) is 6.63. The lowest BCUT2D eigenvalue weighted by molar-refractivity contribution is 0.355. The van der Waals surface area contributed by atoms with Crippen LogP contribution in [0.2, 0.25) is 0 Å². The van der Waals surface area contributed by atoms with E-state index in [1.807, 2.05) is 0 Å². The summed E-state index contributed by atoms with van der Waals surface area (Å²) >= 11 is 0. The van der Waals surface area contributed by atoms with Crippen LogP contribution in [0.25, 0.3) is 0 Å². The van der Waals surface area contributed by atoms with Crippen molar-refractivity contribution >= 4 is 5.82 Å². The van der Waals surface area contributed by atoms with Gasteiger partial charge in [-0.1, -0.05) is 6.42 Å². The minimum Gasteiger partial charge on any atom is -0.367 e. The Kier molecular flexibility index (Phi) is 2.07. The SMILES string of the molecule is CC(C)(C)n1ncc2c1NC1CCCC1C2. The van der Waals surface area contributed by atoms with Crippen LogP contribution in [0.1, 0.15) is 45.6 Å². The van der Waals surface area contributed by atoms with Crippen molar-refractivity contribution in [3.63, 3.8) is 0 Å². The maximum Gasteiger partial charge on any atom is 0.128 e. The molecule has 0 amide bonds. The monoisotopic (exact) mass is 219 g/mol. The minimum absolute atomic E-state index is 0.0754. The van der Waals surface area contributed by atoms with Crippen molar-refractivity contribution < 1.29 is 0 Å². The van der Waals surface area contributed by atoms with Gasteiger partial charge >= 0.3 is 0 Å². The molecule has 0 bridgehead atoms. The van der Waals surface area contributed by atoms with Crippen LogP contribution in [0.4, 0.5) is 5.82 Å². The Morgan fingerprint density at radius 2 is 2.19 bits per heavy atom. The maximum absolute atomic E-state index is 4.55. The van der Waals surface area contributed by atoms with Crippen LogP contribution in [0.3, 0.4) is 0 Å². The zero-order valence-corrected chi connectivity index (χ0v) is 10.5. The molecule has 3 nitrogen and oxygen atoms in total. The highest BCUT2D eigenvalue weighted by molar-refractivity contribution is 5.49. The molecule has 2 heterocycles. The van der Waals surface area contributed by atoms with Crippen LogP contribution >= 0.6 is 0 Å². The number of aromatic nitrogens is 2. The molecule has 1 aliphatic heterocycles. The summed E-state index contributed by atoms with van der Waals surface area (Å²) in [5.41, 5.74) is 1.49. The molecule has 2 unspecified atom stereocenters. The Bertz CT molecular complexity index is 400. The smallest absolute Gasteiger partial charge is 0.128 e. The second kappa shape index (κ2) is 3.25. The van der Waals surface area contributed by atoms with Crippen molar-refractivity contribution in [3.8, 4) is 0 Å². The third kappa shape index (κ3) is 1.45. The molecule has 16 heavy (non-hydrogen) atoms. The Balaban J connectivity index is 1.98. The molecular formula is C13H21N3. The first-order valence-corrected chi connectivity index (χ1v) is 6.39. The molecule has 1 aliphatic carbocycles. The van der Waals surface area contributed by atoms with Gasteiger partial charge in [0.2, 0.25) is 0 Å². The molecule has 0 aromatic carbocycles. The van der Waals surface area contributed by atoms with E-state index in [4.69, 9.17) is 0 Å². The fraction of sp³-hybridized carbons (Fsp3) is 0.769. The number of nitrogens with zero attached hydrogens (tertiary/aromatic N) is 2. The van der Waals surface area contributed by atoms with E-state index >= 15 is 0 Å². The van der Waals surface area contributed by atoms with E-state index in [1.54, 1.807) is 0 Å². The first-order valence-electron chi connectivity index (χ1n) is 6.39. The summed E-state index contributed by atoms with van der Waals surface area (Å²) in [5, 5.41) is 8.27. The van der Waals surface area contributed by atoms with Gasteiger partial charge in [0.1, 0.15) is 5.82 Å². The summed E-state index contributed by atoms with van der Waals surface area (Å²) < 4.78 is 2.15. The van der Waals surface area contributed by atoms with Gasteiger partial charge in [0, 0.05) is 11.6 Å². The molecule has 0 spiro atoms. The second-order valence-electron chi connectivity index (χ2n) is 6.25. The zero-order chi connectivity index (χ0) is 11.3. The van der Waals surface area contributed by atoms with Crippen molar-refractivity contribution in [3.05, 3.63) is 11.8 Å². The van der Waals surface area contributed by atoms with Gasteiger partial charge in [0.25, 0.3) is 0 Å². The highest BCUT2D eigenvalue weighted by atomic mass is 15.4. The Labute approximate surface area is 97.2 Å². The highest BCUT2D eigenvalue weighted by Crippen LogP contribution is 2.38. The van der Waals surface area contributed by atoms with Gasteiger partial charge in [0.05, 0.1) is 11.7 Å². The van der Waals surface area contributed by atoms with Crippen LogP contribution in [-0.2, 0) is 12.0 Å². The summed E-state index contributed by atoms with van der Waals surface area (Å²) in [6, 6.07) is 0.699. The van der Waals surface area contributed by atoms with Crippen LogP contribution in [0.5, 0.6) is 0 Å². The van der Waals surface area contributed by atoms with E-state index in [2.05, 4.69) is 42.1 Å². The molecule has 1 fully saturated rings. The summed E-state index contributed by atoms with van der Waals surface area (Å²) in [7, 11) is 0. The van der Waals surface area contributed by atoms with Crippen LogP contribution < -0.4 is 5.32 Å². The van der Waals surface area contributed by atoms with Crippen molar-refractivity contribution in [1.82, 2.24) is 9.78 Å². The highest BCUT2D eigenvalue weighted by Gasteiger charge is 2.35. The van der Waals surface area contributed by atoms with Crippen molar-refractivity contribution in [1.29, 1.82) is 0 Å². The summed E-state index contributed by atoms with van der Waals surface area (Å²) in [4.78, 5) is 0. The standard InChI is InChI=1S/C13H21N3/c1-13(2,3)16-12-10(8-14-16)7-9-5-4-6-11(9)15-12/h8-9,11,15H,4-7H2,1-3H3. The van der Waals surface area contributed by atoms with E-state index in [9.17, 15) is 0 Å². The van der Waals surface area contributed by atoms with Gasteiger partial charge in [-0.05, 0) is 46.0 Å². The lowest BCUT2D eigenvalue weighted by Crippen LogP contribution is -2.34.